The van der Waals surface area contributed by atoms with Crippen LogP contribution in [-0.2, 0) is 4.79 Å². The molecule has 31 heavy (non-hydrogen) atoms. The van der Waals surface area contributed by atoms with E-state index in [-0.39, 0.29) is 21.9 Å². The smallest absolute Gasteiger partial charge is 0.252 e. The molecule has 0 spiro atoms. The third-order valence-corrected chi connectivity index (χ3v) is 4.77. The van der Waals surface area contributed by atoms with Crippen molar-refractivity contribution in [3.05, 3.63) is 58.1 Å². The summed E-state index contributed by atoms with van der Waals surface area (Å²) in [7, 11) is 2.78. The maximum Gasteiger partial charge on any atom is 0.252 e. The molecule has 0 bridgehead atoms. The van der Waals surface area contributed by atoms with Gasteiger partial charge in [0.1, 0.15) is 6.04 Å². The van der Waals surface area contributed by atoms with E-state index in [1.165, 1.54) is 32.4 Å². The molecule has 1 atom stereocenters. The van der Waals surface area contributed by atoms with Crippen molar-refractivity contribution >= 4 is 23.4 Å². The van der Waals surface area contributed by atoms with Crippen LogP contribution in [0.4, 0.5) is 8.78 Å². The first-order chi connectivity index (χ1) is 14.7. The van der Waals surface area contributed by atoms with E-state index in [1.807, 2.05) is 0 Å². The van der Waals surface area contributed by atoms with Gasteiger partial charge in [-0.3, -0.25) is 9.59 Å². The fourth-order valence-electron chi connectivity index (χ4n) is 2.74. The number of methoxy groups -OCH3 is 1. The van der Waals surface area contributed by atoms with Crippen molar-refractivity contribution in [2.24, 2.45) is 5.92 Å². The molecule has 9 heteroatoms. The SMILES string of the molecule is CNC(=O)C(NC(=O)c1cc(Cl)c(OCCC(C)C)c(OC)c1)c1ccc(F)c(F)c1. The molecule has 168 valence electrons. The number of halogens is 3. The van der Waals surface area contributed by atoms with Gasteiger partial charge in [0.15, 0.2) is 23.1 Å². The summed E-state index contributed by atoms with van der Waals surface area (Å²) in [5.41, 5.74) is 0.188. The van der Waals surface area contributed by atoms with Gasteiger partial charge in [0.25, 0.3) is 5.91 Å². The Kier molecular flexibility index (Phi) is 8.62. The van der Waals surface area contributed by atoms with Crippen LogP contribution in [0.3, 0.4) is 0 Å². The van der Waals surface area contributed by atoms with Gasteiger partial charge >= 0.3 is 0 Å². The van der Waals surface area contributed by atoms with E-state index < -0.39 is 29.5 Å². The number of hydrogen-bond acceptors (Lipinski definition) is 4. The Morgan fingerprint density at radius 3 is 2.42 bits per heavy atom. The van der Waals surface area contributed by atoms with Crippen LogP contribution in [0.25, 0.3) is 0 Å². The minimum Gasteiger partial charge on any atom is -0.493 e. The highest BCUT2D eigenvalue weighted by molar-refractivity contribution is 6.32. The highest BCUT2D eigenvalue weighted by Crippen LogP contribution is 2.36. The number of rotatable bonds is 9. The third-order valence-electron chi connectivity index (χ3n) is 4.49. The monoisotopic (exact) mass is 454 g/mol. The Morgan fingerprint density at radius 2 is 1.84 bits per heavy atom. The summed E-state index contributed by atoms with van der Waals surface area (Å²) >= 11 is 6.30. The summed E-state index contributed by atoms with van der Waals surface area (Å²) in [6, 6.07) is 4.52. The zero-order valence-corrected chi connectivity index (χ0v) is 18.5. The summed E-state index contributed by atoms with van der Waals surface area (Å²) in [5, 5.41) is 5.06. The van der Waals surface area contributed by atoms with Crippen molar-refractivity contribution in [2.75, 3.05) is 20.8 Å². The highest BCUT2D eigenvalue weighted by atomic mass is 35.5. The maximum atomic E-state index is 13.6. The van der Waals surface area contributed by atoms with E-state index in [9.17, 15) is 18.4 Å². The second-order valence-corrected chi connectivity index (χ2v) is 7.62. The molecule has 0 aliphatic heterocycles. The number of likely N-dealkylation sites (N-methyl/N-ethyl adjacent to an activating group) is 1. The van der Waals surface area contributed by atoms with Crippen LogP contribution in [-0.4, -0.2) is 32.6 Å². The zero-order valence-electron chi connectivity index (χ0n) is 17.7. The number of carbonyl (C=O) groups excluding carboxylic acids is 2. The minimum atomic E-state index is -1.25. The van der Waals surface area contributed by atoms with Crippen LogP contribution in [0.15, 0.2) is 30.3 Å². The lowest BCUT2D eigenvalue weighted by molar-refractivity contribution is -0.122. The molecule has 0 aliphatic carbocycles. The van der Waals surface area contributed by atoms with E-state index in [0.29, 0.717) is 18.3 Å². The fraction of sp³-hybridized carbons (Fsp3) is 0.364. The van der Waals surface area contributed by atoms with Gasteiger partial charge < -0.3 is 20.1 Å². The highest BCUT2D eigenvalue weighted by Gasteiger charge is 2.25. The number of nitrogens with one attached hydrogen (secondary N) is 2. The van der Waals surface area contributed by atoms with E-state index >= 15 is 0 Å². The number of ether oxygens (including phenoxy) is 2. The summed E-state index contributed by atoms with van der Waals surface area (Å²) in [6.45, 7) is 4.55. The first-order valence-electron chi connectivity index (χ1n) is 9.65. The van der Waals surface area contributed by atoms with Gasteiger partial charge in [0.05, 0.1) is 18.7 Å². The predicted octanol–water partition coefficient (Wildman–Crippen LogP) is 4.27. The van der Waals surface area contributed by atoms with Gasteiger partial charge in [-0.25, -0.2) is 8.78 Å². The van der Waals surface area contributed by atoms with E-state index in [0.717, 1.165) is 18.6 Å². The molecular formula is C22H25ClF2N2O4. The van der Waals surface area contributed by atoms with E-state index in [4.69, 9.17) is 21.1 Å². The van der Waals surface area contributed by atoms with Gasteiger partial charge in [-0.1, -0.05) is 31.5 Å². The normalized spacial score (nSPS) is 11.7. The third kappa shape index (κ3) is 6.30. The molecule has 2 aromatic carbocycles. The molecular weight excluding hydrogens is 430 g/mol. The van der Waals surface area contributed by atoms with Crippen molar-refractivity contribution in [2.45, 2.75) is 26.3 Å². The molecule has 2 N–H and O–H groups in total. The maximum absolute atomic E-state index is 13.6. The Bertz CT molecular complexity index is 953. The van der Waals surface area contributed by atoms with Gasteiger partial charge in [0.2, 0.25) is 5.91 Å². The average molecular weight is 455 g/mol. The predicted molar refractivity (Wildman–Crippen MR) is 114 cm³/mol. The number of carbonyl (C=O) groups is 2. The van der Waals surface area contributed by atoms with Crippen molar-refractivity contribution in [1.82, 2.24) is 10.6 Å². The molecule has 0 heterocycles. The number of benzene rings is 2. The van der Waals surface area contributed by atoms with Crippen LogP contribution in [0.1, 0.15) is 42.2 Å². The van der Waals surface area contributed by atoms with Crippen molar-refractivity contribution < 1.29 is 27.8 Å². The summed E-state index contributed by atoms with van der Waals surface area (Å²) in [4.78, 5) is 25.1. The van der Waals surface area contributed by atoms with Gasteiger partial charge in [-0.15, -0.1) is 0 Å². The molecule has 0 aliphatic rings. The summed E-state index contributed by atoms with van der Waals surface area (Å²) < 4.78 is 37.9. The molecule has 0 fully saturated rings. The van der Waals surface area contributed by atoms with Crippen molar-refractivity contribution in [1.29, 1.82) is 0 Å². The lowest BCUT2D eigenvalue weighted by Gasteiger charge is -2.19. The molecule has 2 amide bonds. The second kappa shape index (κ2) is 10.9. The lowest BCUT2D eigenvalue weighted by Crippen LogP contribution is -2.39. The fourth-order valence-corrected chi connectivity index (χ4v) is 3.00. The first kappa shape index (κ1) is 24.4. The Balaban J connectivity index is 2.29. The average Bonchev–Trinajstić information content (AvgIpc) is 2.73. The molecule has 6 nitrogen and oxygen atoms in total. The van der Waals surface area contributed by atoms with Crippen LogP contribution in [0, 0.1) is 17.6 Å². The molecule has 0 radical (unpaired) electrons. The number of amides is 2. The number of hydrogen-bond donors (Lipinski definition) is 2. The van der Waals surface area contributed by atoms with Crippen LogP contribution in [0.5, 0.6) is 11.5 Å². The zero-order chi connectivity index (χ0) is 23.1. The van der Waals surface area contributed by atoms with Gasteiger partial charge in [-0.05, 0) is 42.2 Å². The van der Waals surface area contributed by atoms with Crippen molar-refractivity contribution in [3.8, 4) is 11.5 Å². The molecule has 0 saturated heterocycles. The second-order valence-electron chi connectivity index (χ2n) is 7.21. The summed E-state index contributed by atoms with van der Waals surface area (Å²) in [6.07, 6.45) is 0.809. The topological polar surface area (TPSA) is 76.7 Å². The van der Waals surface area contributed by atoms with E-state index in [1.54, 1.807) is 0 Å². The minimum absolute atomic E-state index is 0.0818. The summed E-state index contributed by atoms with van der Waals surface area (Å²) in [5.74, 6) is -2.45. The molecule has 0 saturated carbocycles. The van der Waals surface area contributed by atoms with Crippen molar-refractivity contribution in [3.63, 3.8) is 0 Å². The molecule has 2 rings (SSSR count). The first-order valence-corrected chi connectivity index (χ1v) is 10.0. The van der Waals surface area contributed by atoms with E-state index in [2.05, 4.69) is 24.5 Å². The molecule has 0 aromatic heterocycles. The van der Waals surface area contributed by atoms with Gasteiger partial charge in [0, 0.05) is 12.6 Å². The van der Waals surface area contributed by atoms with Gasteiger partial charge in [-0.2, -0.15) is 0 Å². The molecule has 1 unspecified atom stereocenters. The standard InChI is InChI=1S/C22H25ClF2N2O4/c1-12(2)7-8-31-20-15(23)9-14(11-18(20)30-4)21(28)27-19(22(29)26-3)13-5-6-16(24)17(25)10-13/h5-6,9-12,19H,7-8H2,1-4H3,(H,26,29)(H,27,28). The lowest BCUT2D eigenvalue weighted by atomic mass is 10.0. The molecule has 2 aromatic rings. The Labute approximate surface area is 184 Å². The Hall–Kier alpha value is -2.87. The quantitative estimate of drug-likeness (QED) is 0.593. The van der Waals surface area contributed by atoms with Crippen LogP contribution < -0.4 is 20.1 Å². The largest absolute Gasteiger partial charge is 0.493 e. The van der Waals surface area contributed by atoms with Crippen LogP contribution >= 0.6 is 11.6 Å². The Morgan fingerprint density at radius 1 is 1.13 bits per heavy atom. The van der Waals surface area contributed by atoms with Crippen LogP contribution in [0.2, 0.25) is 5.02 Å².